The van der Waals surface area contributed by atoms with Gasteiger partial charge in [0, 0.05) is 76.1 Å². The minimum Gasteiger partial charge on any atom is -0.467 e. The number of amides is 1. The van der Waals surface area contributed by atoms with Crippen LogP contribution in [0.5, 0.6) is 6.01 Å². The van der Waals surface area contributed by atoms with Gasteiger partial charge in [0.15, 0.2) is 5.82 Å². The summed E-state index contributed by atoms with van der Waals surface area (Å²) in [7, 11) is 5.00. The number of hydrogen-bond acceptors (Lipinski definition) is 8. The van der Waals surface area contributed by atoms with Crippen molar-refractivity contribution < 1.29 is 23.0 Å². The Bertz CT molecular complexity index is 1840. The minimum atomic E-state index is -0.703. The van der Waals surface area contributed by atoms with Crippen LogP contribution in [-0.4, -0.2) is 96.8 Å². The summed E-state index contributed by atoms with van der Waals surface area (Å²) in [5.74, 6) is 1.51. The van der Waals surface area contributed by atoms with Gasteiger partial charge in [0.2, 0.25) is 5.91 Å². The van der Waals surface area contributed by atoms with E-state index in [0.717, 1.165) is 19.5 Å². The van der Waals surface area contributed by atoms with Crippen molar-refractivity contribution in [3.63, 3.8) is 0 Å². The molecule has 2 atom stereocenters. The van der Waals surface area contributed by atoms with Gasteiger partial charge in [0.05, 0.1) is 24.2 Å². The molecular formula is C34H34F2N6O3. The van der Waals surface area contributed by atoms with Crippen LogP contribution in [0.3, 0.4) is 0 Å². The summed E-state index contributed by atoms with van der Waals surface area (Å²) in [5, 5.41) is 1.44. The number of likely N-dealkylation sites (tertiary alicyclic amines) is 2. The lowest BCUT2D eigenvalue weighted by Crippen LogP contribution is -2.36. The quantitative estimate of drug-likeness (QED) is 0.214. The van der Waals surface area contributed by atoms with Crippen molar-refractivity contribution in [2.24, 2.45) is 0 Å². The maximum Gasteiger partial charge on any atom is 0.318 e. The van der Waals surface area contributed by atoms with E-state index in [1.807, 2.05) is 18.0 Å². The number of fused-ring (bicyclic) bond motifs is 2. The zero-order chi connectivity index (χ0) is 31.7. The van der Waals surface area contributed by atoms with Crippen molar-refractivity contribution in [2.75, 3.05) is 58.9 Å². The van der Waals surface area contributed by atoms with Gasteiger partial charge in [-0.15, -0.1) is 6.42 Å². The number of carbonyl (C=O) groups excluding carboxylic acids is 1. The number of aromatic nitrogens is 3. The summed E-state index contributed by atoms with van der Waals surface area (Å²) >= 11 is 0. The zero-order valence-electron chi connectivity index (χ0n) is 25.5. The molecule has 4 heterocycles. The van der Waals surface area contributed by atoms with Gasteiger partial charge in [-0.3, -0.25) is 14.7 Å². The van der Waals surface area contributed by atoms with E-state index >= 15 is 4.39 Å². The van der Waals surface area contributed by atoms with Crippen molar-refractivity contribution in [3.05, 3.63) is 65.9 Å². The number of terminal acetylenes is 1. The number of methoxy groups -OCH3 is 2. The Morgan fingerprint density at radius 3 is 2.76 bits per heavy atom. The molecule has 45 heavy (non-hydrogen) atoms. The molecule has 2 unspecified atom stereocenters. The predicted molar refractivity (Wildman–Crippen MR) is 169 cm³/mol. The molecule has 232 valence electrons. The second-order valence-electron chi connectivity index (χ2n) is 11.3. The fourth-order valence-electron chi connectivity index (χ4n) is 6.26. The summed E-state index contributed by atoms with van der Waals surface area (Å²) in [4.78, 5) is 32.3. The van der Waals surface area contributed by atoms with Crippen molar-refractivity contribution in [2.45, 2.75) is 25.0 Å². The molecule has 0 bridgehead atoms. The monoisotopic (exact) mass is 612 g/mol. The highest BCUT2D eigenvalue weighted by molar-refractivity contribution is 6.02. The van der Waals surface area contributed by atoms with Gasteiger partial charge in [-0.2, -0.15) is 9.97 Å². The first-order valence-corrected chi connectivity index (χ1v) is 14.8. The highest BCUT2D eigenvalue weighted by Crippen LogP contribution is 2.37. The minimum absolute atomic E-state index is 0.0100. The lowest BCUT2D eigenvalue weighted by Gasteiger charge is -2.27. The first kappa shape index (κ1) is 30.4. The molecule has 2 aliphatic heterocycles. The Balaban J connectivity index is 1.27. The fourth-order valence-corrected chi connectivity index (χ4v) is 6.26. The molecule has 0 N–H and O–H groups in total. The zero-order valence-corrected chi connectivity index (χ0v) is 25.5. The van der Waals surface area contributed by atoms with Crippen LogP contribution in [-0.2, 0) is 9.53 Å². The standard InChI is InChI=1S/C34H34F2N6O3/c1-5-24-27(35)12-11-21-8-6-9-25(29(21)24)31-30(36)32-26(18-37-31)33(39-34(38-32)45-4)40(2)22-13-17-42(19-22)28(43)10-7-15-41-16-14-23(20-41)44-3/h1,6-12,18,22-23H,13-17,19-20H2,2-4H3/b10-7+. The second-order valence-corrected chi connectivity index (χ2v) is 11.3. The molecule has 2 aliphatic rings. The fraction of sp³-hybridized carbons (Fsp3) is 0.353. The molecule has 0 saturated carbocycles. The number of rotatable bonds is 8. The Morgan fingerprint density at radius 1 is 1.16 bits per heavy atom. The van der Waals surface area contributed by atoms with Crippen LogP contribution in [0, 0.1) is 24.0 Å². The molecule has 4 aromatic rings. The topological polar surface area (TPSA) is 83.9 Å². The summed E-state index contributed by atoms with van der Waals surface area (Å²) in [6, 6.07) is 7.99. The molecular weight excluding hydrogens is 578 g/mol. The third-order valence-corrected chi connectivity index (χ3v) is 8.76. The first-order valence-electron chi connectivity index (χ1n) is 14.8. The number of anilines is 1. The Kier molecular flexibility index (Phi) is 8.61. The summed E-state index contributed by atoms with van der Waals surface area (Å²) in [5.41, 5.74) is 0.389. The van der Waals surface area contributed by atoms with E-state index in [4.69, 9.17) is 15.9 Å². The van der Waals surface area contributed by atoms with E-state index in [1.54, 1.807) is 42.4 Å². The SMILES string of the molecule is C#Cc1c(F)ccc2cccc(-c3ncc4c(N(C)C5CCN(C(=O)/C=C/CN6CCC(OC)C6)C5)nc(OC)nc4c3F)c12. The van der Waals surface area contributed by atoms with E-state index in [0.29, 0.717) is 53.6 Å². The summed E-state index contributed by atoms with van der Waals surface area (Å²) in [6.45, 7) is 3.58. The Morgan fingerprint density at radius 2 is 2.00 bits per heavy atom. The van der Waals surface area contributed by atoms with Crippen LogP contribution >= 0.6 is 0 Å². The number of nitrogens with zero attached hydrogens (tertiary/aromatic N) is 6. The van der Waals surface area contributed by atoms with Crippen molar-refractivity contribution in [1.29, 1.82) is 0 Å². The number of likely N-dealkylation sites (N-methyl/N-ethyl adjacent to an activating group) is 1. The largest absolute Gasteiger partial charge is 0.467 e. The van der Waals surface area contributed by atoms with E-state index in [2.05, 4.69) is 25.8 Å². The van der Waals surface area contributed by atoms with Crippen LogP contribution in [0.1, 0.15) is 18.4 Å². The van der Waals surface area contributed by atoms with Gasteiger partial charge in [-0.05, 0) is 24.3 Å². The van der Waals surface area contributed by atoms with Crippen LogP contribution in [0.25, 0.3) is 32.9 Å². The number of carbonyl (C=O) groups is 1. The molecule has 0 aliphatic carbocycles. The molecule has 11 heteroatoms. The van der Waals surface area contributed by atoms with Crippen LogP contribution in [0.4, 0.5) is 14.6 Å². The molecule has 6 rings (SSSR count). The average Bonchev–Trinajstić information content (AvgIpc) is 3.74. The van der Waals surface area contributed by atoms with Gasteiger partial charge in [-0.25, -0.2) is 8.78 Å². The third-order valence-electron chi connectivity index (χ3n) is 8.76. The summed E-state index contributed by atoms with van der Waals surface area (Å²) in [6.07, 6.45) is 12.7. The maximum atomic E-state index is 16.4. The lowest BCUT2D eigenvalue weighted by molar-refractivity contribution is -0.125. The predicted octanol–water partition coefficient (Wildman–Crippen LogP) is 4.43. The molecule has 9 nitrogen and oxygen atoms in total. The Hall–Kier alpha value is -4.66. The summed E-state index contributed by atoms with van der Waals surface area (Å²) < 4.78 is 41.8. The highest BCUT2D eigenvalue weighted by atomic mass is 19.1. The molecule has 0 radical (unpaired) electrons. The van der Waals surface area contributed by atoms with E-state index < -0.39 is 11.6 Å². The number of halogens is 2. The number of ether oxygens (including phenoxy) is 2. The second kappa shape index (κ2) is 12.8. The molecule has 2 aromatic carbocycles. The van der Waals surface area contributed by atoms with E-state index in [9.17, 15) is 9.18 Å². The van der Waals surface area contributed by atoms with Crippen LogP contribution < -0.4 is 9.64 Å². The normalized spacial score (nSPS) is 18.7. The molecule has 2 saturated heterocycles. The van der Waals surface area contributed by atoms with Gasteiger partial charge in [0.1, 0.15) is 22.8 Å². The lowest BCUT2D eigenvalue weighted by atomic mass is 9.96. The van der Waals surface area contributed by atoms with Gasteiger partial charge in [0.25, 0.3) is 0 Å². The molecule has 0 spiro atoms. The molecule has 2 aromatic heterocycles. The first-order chi connectivity index (χ1) is 21.8. The number of hydrogen-bond donors (Lipinski definition) is 0. The average molecular weight is 613 g/mol. The van der Waals surface area contributed by atoms with Crippen molar-refractivity contribution in [1.82, 2.24) is 24.8 Å². The van der Waals surface area contributed by atoms with E-state index in [-0.39, 0.29) is 40.8 Å². The highest BCUT2D eigenvalue weighted by Gasteiger charge is 2.31. The van der Waals surface area contributed by atoms with Gasteiger partial charge < -0.3 is 19.3 Å². The molecule has 2 fully saturated rings. The van der Waals surface area contributed by atoms with Gasteiger partial charge in [-0.1, -0.05) is 36.3 Å². The van der Waals surface area contributed by atoms with Gasteiger partial charge >= 0.3 is 6.01 Å². The maximum absolute atomic E-state index is 16.4. The van der Waals surface area contributed by atoms with Crippen molar-refractivity contribution in [3.8, 4) is 29.6 Å². The molecule has 1 amide bonds. The number of benzene rings is 2. The van der Waals surface area contributed by atoms with E-state index in [1.165, 1.54) is 19.4 Å². The van der Waals surface area contributed by atoms with Crippen LogP contribution in [0.2, 0.25) is 0 Å². The Labute approximate surface area is 260 Å². The third kappa shape index (κ3) is 5.79. The number of pyridine rings is 1. The smallest absolute Gasteiger partial charge is 0.318 e. The van der Waals surface area contributed by atoms with Crippen LogP contribution in [0.15, 0.2) is 48.7 Å². The van der Waals surface area contributed by atoms with Crippen molar-refractivity contribution >= 4 is 33.4 Å².